The molecule has 0 aliphatic rings. The van der Waals surface area contributed by atoms with Crippen molar-refractivity contribution in [1.82, 2.24) is 19.9 Å². The molecule has 4 aromatic carbocycles. The average molecular weight is 903 g/mol. The van der Waals surface area contributed by atoms with Crippen molar-refractivity contribution in [1.29, 1.82) is 0 Å². The number of pyridine rings is 4. The number of rotatable bonds is 8. The molecule has 0 aliphatic carbocycles. The molecule has 0 spiro atoms. The number of nitrogens with two attached hydrogens (primary N) is 2. The minimum atomic E-state index is -0.288. The van der Waals surface area contributed by atoms with Crippen molar-refractivity contribution in [2.45, 2.75) is 13.8 Å². The van der Waals surface area contributed by atoms with Gasteiger partial charge in [-0.3, -0.25) is 9.97 Å². The normalized spacial score (nSPS) is 10.8. The van der Waals surface area contributed by atoms with E-state index in [-0.39, 0.29) is 12.1 Å². The lowest BCUT2D eigenvalue weighted by molar-refractivity contribution is 0.261. The van der Waals surface area contributed by atoms with E-state index in [4.69, 9.17) is 11.5 Å². The van der Waals surface area contributed by atoms with Crippen LogP contribution in [-0.2, 0) is 0 Å². The van der Waals surface area contributed by atoms with Crippen LogP contribution in [0.4, 0.5) is 44.0 Å². The summed E-state index contributed by atoms with van der Waals surface area (Å²) in [6.07, 6.45) is 10.7. The summed E-state index contributed by atoms with van der Waals surface area (Å²) < 4.78 is 2.16. The van der Waals surface area contributed by atoms with Crippen LogP contribution in [0.5, 0.6) is 0 Å². The quantitative estimate of drug-likeness (QED) is 0.0869. The largest absolute Gasteiger partial charge is 0.383 e. The number of nitrogens with one attached hydrogen (secondary N) is 4. The van der Waals surface area contributed by atoms with Crippen molar-refractivity contribution in [2.75, 3.05) is 32.7 Å². The van der Waals surface area contributed by atoms with Crippen LogP contribution in [0.25, 0.3) is 64.7 Å². The molecule has 66 heavy (non-hydrogen) atoms. The second-order valence-corrected chi connectivity index (χ2v) is 17.1. The molecule has 324 valence electrons. The van der Waals surface area contributed by atoms with E-state index in [9.17, 15) is 9.59 Å². The van der Waals surface area contributed by atoms with Crippen molar-refractivity contribution in [3.05, 3.63) is 180 Å². The average Bonchev–Trinajstić information content (AvgIpc) is 3.98. The molecule has 0 bridgehead atoms. The third kappa shape index (κ3) is 9.55. The maximum atomic E-state index is 12.3. The number of carbonyl (C=O) groups is 2. The first-order valence-electron chi connectivity index (χ1n) is 20.8. The Morgan fingerprint density at radius 2 is 0.909 bits per heavy atom. The first-order valence-corrected chi connectivity index (χ1v) is 22.5. The van der Waals surface area contributed by atoms with Crippen molar-refractivity contribution in [3.63, 3.8) is 0 Å². The van der Waals surface area contributed by atoms with Gasteiger partial charge in [0.2, 0.25) is 0 Å². The molecule has 0 saturated carbocycles. The Labute approximate surface area is 388 Å². The minimum Gasteiger partial charge on any atom is -0.383 e. The Bertz CT molecular complexity index is 3120. The summed E-state index contributed by atoms with van der Waals surface area (Å²) in [4.78, 5) is 41.9. The fraction of sp³-hybridized carbons (Fsp3) is 0.0385. The number of hydrogen-bond acceptors (Lipinski definition) is 10. The number of anilines is 6. The molecule has 4 amide bonds. The summed E-state index contributed by atoms with van der Waals surface area (Å²) in [5, 5.41) is 17.5. The number of nitrogens with zero attached hydrogens (tertiary/aromatic N) is 4. The van der Waals surface area contributed by atoms with Gasteiger partial charge in [-0.25, -0.2) is 19.6 Å². The molecular weight excluding hydrogens is 861 g/mol. The second-order valence-electron chi connectivity index (χ2n) is 15.4. The van der Waals surface area contributed by atoms with Crippen LogP contribution >= 0.6 is 22.7 Å². The molecule has 14 heteroatoms. The van der Waals surface area contributed by atoms with Crippen LogP contribution in [0, 0.1) is 13.8 Å². The van der Waals surface area contributed by atoms with E-state index in [1.165, 1.54) is 0 Å². The highest BCUT2D eigenvalue weighted by atomic mass is 32.1. The van der Waals surface area contributed by atoms with Gasteiger partial charge in [-0.05, 0) is 119 Å². The molecule has 10 aromatic rings. The SMILES string of the molecule is Cc1cccc(NC(=O)Nc2ccc(-c3csc4c(-c5cccnc5)cnc(N)c34)cc2)c1.Cc1cccc(NC(=O)Nc2ccc(-c3csc4c(-c5ccncc5)cnc(N)c34)cc2)c1. The Morgan fingerprint density at radius 1 is 0.455 bits per heavy atom. The number of aryl methyl sites for hydroxylation is 2. The van der Waals surface area contributed by atoms with Crippen molar-refractivity contribution < 1.29 is 9.59 Å². The number of amides is 4. The minimum absolute atomic E-state index is 0.287. The number of urea groups is 2. The fourth-order valence-corrected chi connectivity index (χ4v) is 9.76. The van der Waals surface area contributed by atoms with Crippen LogP contribution in [0.1, 0.15) is 11.1 Å². The van der Waals surface area contributed by atoms with Gasteiger partial charge in [-0.15, -0.1) is 22.7 Å². The number of carbonyl (C=O) groups excluding carboxylic acids is 2. The molecule has 10 rings (SSSR count). The van der Waals surface area contributed by atoms with Crippen molar-refractivity contribution >= 4 is 89.3 Å². The molecule has 8 N–H and O–H groups in total. The highest BCUT2D eigenvalue weighted by molar-refractivity contribution is 7.18. The zero-order valence-electron chi connectivity index (χ0n) is 35.7. The summed E-state index contributed by atoms with van der Waals surface area (Å²) >= 11 is 3.28. The van der Waals surface area contributed by atoms with E-state index < -0.39 is 0 Å². The van der Waals surface area contributed by atoms with E-state index in [2.05, 4.69) is 52.0 Å². The summed E-state index contributed by atoms with van der Waals surface area (Å²) in [7, 11) is 0. The summed E-state index contributed by atoms with van der Waals surface area (Å²) in [5.74, 6) is 0.993. The van der Waals surface area contributed by atoms with Gasteiger partial charge in [0.1, 0.15) is 11.6 Å². The Kier molecular flexibility index (Phi) is 12.4. The highest BCUT2D eigenvalue weighted by Crippen LogP contribution is 2.43. The predicted octanol–water partition coefficient (Wildman–Crippen LogP) is 13.1. The van der Waals surface area contributed by atoms with Crippen LogP contribution in [0.3, 0.4) is 0 Å². The maximum absolute atomic E-state index is 12.3. The number of fused-ring (bicyclic) bond motifs is 2. The second kappa shape index (κ2) is 19.1. The van der Waals surface area contributed by atoms with Crippen LogP contribution in [0.2, 0.25) is 0 Å². The third-order valence-corrected chi connectivity index (χ3v) is 12.7. The first kappa shape index (κ1) is 42.8. The number of benzene rings is 4. The third-order valence-electron chi connectivity index (χ3n) is 10.7. The van der Waals surface area contributed by atoms with Gasteiger partial charge >= 0.3 is 12.1 Å². The molecule has 0 saturated heterocycles. The lowest BCUT2D eigenvalue weighted by Crippen LogP contribution is -2.19. The molecule has 0 aliphatic heterocycles. The van der Waals surface area contributed by atoms with Crippen LogP contribution < -0.4 is 32.7 Å². The van der Waals surface area contributed by atoms with E-state index >= 15 is 0 Å². The van der Waals surface area contributed by atoms with Crippen LogP contribution in [-0.4, -0.2) is 32.0 Å². The van der Waals surface area contributed by atoms with E-state index in [0.717, 1.165) is 87.2 Å². The van der Waals surface area contributed by atoms with Gasteiger partial charge in [-0.2, -0.15) is 0 Å². The van der Waals surface area contributed by atoms with Gasteiger partial charge < -0.3 is 32.7 Å². The molecule has 0 unspecified atom stereocenters. The molecule has 6 heterocycles. The van der Waals surface area contributed by atoms with E-state index in [1.54, 1.807) is 47.5 Å². The van der Waals surface area contributed by atoms with Gasteiger partial charge in [0.05, 0.1) is 0 Å². The number of aromatic nitrogens is 4. The Morgan fingerprint density at radius 3 is 1.36 bits per heavy atom. The van der Waals surface area contributed by atoms with Gasteiger partial charge in [-0.1, -0.05) is 54.6 Å². The lowest BCUT2D eigenvalue weighted by Gasteiger charge is -2.09. The van der Waals surface area contributed by atoms with Crippen molar-refractivity contribution in [3.8, 4) is 44.5 Å². The number of hydrogen-bond donors (Lipinski definition) is 6. The summed E-state index contributed by atoms with van der Waals surface area (Å²) in [6, 6.07) is 38.0. The number of thiophene rings is 2. The van der Waals surface area contributed by atoms with Gasteiger partial charge in [0, 0.05) is 108 Å². The molecular formula is C52H42N10O2S2. The zero-order valence-corrected chi connectivity index (χ0v) is 37.4. The molecule has 6 aromatic heterocycles. The van der Waals surface area contributed by atoms with E-state index in [0.29, 0.717) is 23.0 Å². The summed E-state index contributed by atoms with van der Waals surface area (Å²) in [6.45, 7) is 3.97. The predicted molar refractivity (Wildman–Crippen MR) is 273 cm³/mol. The Balaban J connectivity index is 0.000000166. The lowest BCUT2D eigenvalue weighted by atomic mass is 10.0. The van der Waals surface area contributed by atoms with Crippen molar-refractivity contribution in [2.24, 2.45) is 0 Å². The molecule has 0 fully saturated rings. The standard InChI is InChI=1S/2C26H21N5OS/c1-16-4-2-6-20(12-16)31-26(32)30-19-9-7-17(8-10-19)22-15-33-24-21(14-29-25(27)23(22)24)18-5-3-11-28-13-18;1-16-3-2-4-20(13-16)31-26(32)30-19-7-5-17(6-8-19)22-15-33-24-21(14-29-25(27)23(22)24)18-9-11-28-12-10-18/h2*2-15H,1H3,(H2,27,29)(H2,30,31,32). The monoisotopic (exact) mass is 902 g/mol. The van der Waals surface area contributed by atoms with Gasteiger partial charge in [0.25, 0.3) is 0 Å². The van der Waals surface area contributed by atoms with Gasteiger partial charge in [0.15, 0.2) is 0 Å². The Hall–Kier alpha value is -8.46. The highest BCUT2D eigenvalue weighted by Gasteiger charge is 2.17. The maximum Gasteiger partial charge on any atom is 0.323 e. The van der Waals surface area contributed by atoms with E-state index in [1.807, 2.05) is 148 Å². The molecule has 12 nitrogen and oxygen atoms in total. The fourth-order valence-electron chi connectivity index (χ4n) is 7.52. The number of nitrogen functional groups attached to an aromatic ring is 2. The van der Waals surface area contributed by atoms with Crippen LogP contribution in [0.15, 0.2) is 169 Å². The summed E-state index contributed by atoms with van der Waals surface area (Å²) in [5.41, 5.74) is 25.8. The zero-order chi connectivity index (χ0) is 45.6. The smallest absolute Gasteiger partial charge is 0.323 e. The topological polar surface area (TPSA) is 186 Å². The molecule has 0 atom stereocenters. The molecule has 0 radical (unpaired) electrons. The first-order chi connectivity index (χ1) is 32.2.